The van der Waals surface area contributed by atoms with E-state index in [9.17, 15) is 0 Å². The Balaban J connectivity index is 1.89. The van der Waals surface area contributed by atoms with Gasteiger partial charge in [0.05, 0.1) is 0 Å². The van der Waals surface area contributed by atoms with Crippen LogP contribution >= 0.6 is 0 Å². The predicted molar refractivity (Wildman–Crippen MR) is 100 cm³/mol. The molecular formula is C20H12N4Se. The molecule has 0 unspecified atom stereocenters. The molecule has 0 aliphatic carbocycles. The van der Waals surface area contributed by atoms with Gasteiger partial charge < -0.3 is 0 Å². The fraction of sp³-hybridized carbons (Fsp3) is 0. The molecule has 0 saturated heterocycles. The molecular weight excluding hydrogens is 375 g/mol. The number of nitrogens with zero attached hydrogens (tertiary/aromatic N) is 4. The van der Waals surface area contributed by atoms with Gasteiger partial charge in [0.2, 0.25) is 0 Å². The summed E-state index contributed by atoms with van der Waals surface area (Å²) in [6, 6.07) is 24.5. The molecule has 4 nitrogen and oxygen atoms in total. The average molecular weight is 387 g/mol. The second-order valence-electron chi connectivity index (χ2n) is 5.78. The third-order valence-electron chi connectivity index (χ3n) is 4.25. The van der Waals surface area contributed by atoms with E-state index in [0.717, 1.165) is 44.3 Å². The number of hydrogen-bond donors (Lipinski definition) is 0. The molecule has 0 amide bonds. The summed E-state index contributed by atoms with van der Waals surface area (Å²) in [5.74, 6) is 0. The average Bonchev–Trinajstić information content (AvgIpc) is 3.14. The topological polar surface area (TPSA) is 51.6 Å². The molecule has 0 saturated carbocycles. The molecule has 0 radical (unpaired) electrons. The minimum absolute atomic E-state index is 0.0552. The quantitative estimate of drug-likeness (QED) is 0.430. The first-order valence-electron chi connectivity index (χ1n) is 7.94. The van der Waals surface area contributed by atoms with Crippen molar-refractivity contribution in [3.05, 3.63) is 72.8 Å². The van der Waals surface area contributed by atoms with Crippen molar-refractivity contribution in [1.29, 1.82) is 0 Å². The van der Waals surface area contributed by atoms with Gasteiger partial charge in [0.1, 0.15) is 0 Å². The van der Waals surface area contributed by atoms with E-state index in [1.165, 1.54) is 0 Å². The number of benzene rings is 3. The van der Waals surface area contributed by atoms with Crippen LogP contribution < -0.4 is 0 Å². The fourth-order valence-electron chi connectivity index (χ4n) is 3.05. The first-order valence-corrected chi connectivity index (χ1v) is 9.47. The van der Waals surface area contributed by atoms with Crippen molar-refractivity contribution in [3.8, 4) is 22.5 Å². The monoisotopic (exact) mass is 388 g/mol. The van der Waals surface area contributed by atoms with E-state index in [1.54, 1.807) is 0 Å². The summed E-state index contributed by atoms with van der Waals surface area (Å²) in [5, 5.41) is 11.3. The molecule has 0 atom stereocenters. The van der Waals surface area contributed by atoms with E-state index in [2.05, 4.69) is 54.6 Å². The summed E-state index contributed by atoms with van der Waals surface area (Å²) in [6.07, 6.45) is 0. The van der Waals surface area contributed by atoms with Crippen LogP contribution in [0.1, 0.15) is 0 Å². The second-order valence-corrected chi connectivity index (χ2v) is 6.89. The standard InChI is InChI=1S/C20H12N4Se/c1-3-7-13(8-4-1)19-15-11-17-18(24-25-23-17)12-16(15)20(22-21-19)14-9-5-2-6-10-14/h1-12H. The summed E-state index contributed by atoms with van der Waals surface area (Å²) in [6.45, 7) is 0. The van der Waals surface area contributed by atoms with E-state index in [0.29, 0.717) is 0 Å². The van der Waals surface area contributed by atoms with Crippen LogP contribution in [-0.2, 0) is 0 Å². The van der Waals surface area contributed by atoms with Crippen molar-refractivity contribution >= 4 is 36.8 Å². The van der Waals surface area contributed by atoms with Gasteiger partial charge in [-0.3, -0.25) is 0 Å². The first-order chi connectivity index (χ1) is 12.4. The molecule has 25 heavy (non-hydrogen) atoms. The molecule has 0 N–H and O–H groups in total. The van der Waals surface area contributed by atoms with Crippen LogP contribution in [0.15, 0.2) is 72.8 Å². The van der Waals surface area contributed by atoms with Crippen LogP contribution in [0.4, 0.5) is 0 Å². The molecule has 5 heteroatoms. The summed E-state index contributed by atoms with van der Waals surface area (Å²) >= 11 is -0.0552. The van der Waals surface area contributed by atoms with E-state index < -0.39 is 0 Å². The summed E-state index contributed by atoms with van der Waals surface area (Å²) in [4.78, 5) is 0. The third kappa shape index (κ3) is 2.45. The predicted octanol–water partition coefficient (Wildman–Crippen LogP) is 3.96. The normalized spacial score (nSPS) is 11.2. The van der Waals surface area contributed by atoms with Crippen LogP contribution in [0.3, 0.4) is 0 Å². The van der Waals surface area contributed by atoms with Gasteiger partial charge in [-0.25, -0.2) is 0 Å². The van der Waals surface area contributed by atoms with Crippen molar-refractivity contribution < 1.29 is 0 Å². The molecule has 0 aliphatic rings. The van der Waals surface area contributed by atoms with Gasteiger partial charge in [-0.1, -0.05) is 0 Å². The van der Waals surface area contributed by atoms with Gasteiger partial charge in [0.15, 0.2) is 0 Å². The van der Waals surface area contributed by atoms with Crippen molar-refractivity contribution in [2.75, 3.05) is 0 Å². The van der Waals surface area contributed by atoms with Crippen LogP contribution in [0.25, 0.3) is 44.3 Å². The minimum atomic E-state index is -0.0552. The number of aromatic nitrogens is 4. The van der Waals surface area contributed by atoms with Gasteiger partial charge in [0.25, 0.3) is 0 Å². The van der Waals surface area contributed by atoms with E-state index >= 15 is 0 Å². The molecule has 3 aromatic carbocycles. The first kappa shape index (κ1) is 14.5. The van der Waals surface area contributed by atoms with Gasteiger partial charge >= 0.3 is 150 Å². The van der Waals surface area contributed by atoms with Gasteiger partial charge in [-0.2, -0.15) is 0 Å². The Bertz CT molecular complexity index is 1090. The molecule has 5 aromatic rings. The zero-order chi connectivity index (χ0) is 16.6. The van der Waals surface area contributed by atoms with Crippen LogP contribution in [0, 0.1) is 0 Å². The van der Waals surface area contributed by atoms with Crippen LogP contribution in [-0.4, -0.2) is 33.1 Å². The molecule has 0 aliphatic heterocycles. The van der Waals surface area contributed by atoms with Crippen LogP contribution in [0.5, 0.6) is 0 Å². The Kier molecular flexibility index (Phi) is 3.40. The molecule has 0 spiro atoms. The summed E-state index contributed by atoms with van der Waals surface area (Å²) in [7, 11) is 0. The molecule has 0 bridgehead atoms. The van der Waals surface area contributed by atoms with Crippen molar-refractivity contribution in [2.45, 2.75) is 0 Å². The van der Waals surface area contributed by atoms with Gasteiger partial charge in [-0.15, -0.1) is 0 Å². The Hall–Kier alpha value is -2.88. The number of fused-ring (bicyclic) bond motifs is 2. The fourth-order valence-corrected chi connectivity index (χ4v) is 4.12. The summed E-state index contributed by atoms with van der Waals surface area (Å²) < 4.78 is 9.07. The molecule has 0 fully saturated rings. The maximum atomic E-state index is 4.56. The van der Waals surface area contributed by atoms with Crippen molar-refractivity contribution in [1.82, 2.24) is 18.2 Å². The van der Waals surface area contributed by atoms with Crippen molar-refractivity contribution in [3.63, 3.8) is 0 Å². The van der Waals surface area contributed by atoms with E-state index in [4.69, 9.17) is 0 Å². The zero-order valence-electron chi connectivity index (χ0n) is 13.1. The zero-order valence-corrected chi connectivity index (χ0v) is 14.8. The van der Waals surface area contributed by atoms with E-state index in [1.807, 2.05) is 36.4 Å². The molecule has 5 rings (SSSR count). The Labute approximate surface area is 150 Å². The van der Waals surface area contributed by atoms with Crippen molar-refractivity contribution in [2.24, 2.45) is 0 Å². The maximum absolute atomic E-state index is 4.56. The van der Waals surface area contributed by atoms with Gasteiger partial charge in [-0.05, 0) is 0 Å². The van der Waals surface area contributed by atoms with E-state index in [-0.39, 0.29) is 15.0 Å². The van der Waals surface area contributed by atoms with Crippen LogP contribution in [0.2, 0.25) is 0 Å². The molecule has 2 heterocycles. The Morgan fingerprint density at radius 2 is 1.00 bits per heavy atom. The number of hydrogen-bond acceptors (Lipinski definition) is 4. The van der Waals surface area contributed by atoms with Gasteiger partial charge in [0, 0.05) is 0 Å². The Morgan fingerprint density at radius 3 is 1.44 bits per heavy atom. The molecule has 118 valence electrons. The summed E-state index contributed by atoms with van der Waals surface area (Å²) in [5.41, 5.74) is 5.79. The second kappa shape index (κ2) is 5.88. The SMILES string of the molecule is c1ccc(-c2nnc(-c3ccccc3)c3cc4n[se]nc4cc23)cc1. The number of rotatable bonds is 2. The molecule has 2 aromatic heterocycles. The Morgan fingerprint density at radius 1 is 0.560 bits per heavy atom. The third-order valence-corrected chi connectivity index (χ3v) is 5.42.